The molecule has 2 aliphatic rings. The van der Waals surface area contributed by atoms with Crippen molar-refractivity contribution in [3.8, 4) is 0 Å². The summed E-state index contributed by atoms with van der Waals surface area (Å²) in [5.74, 6) is -1.28. The zero-order valence-corrected chi connectivity index (χ0v) is 24.3. The third-order valence-electron chi connectivity index (χ3n) is 7.47. The Kier molecular flexibility index (Phi) is 10.1. The molecule has 0 bridgehead atoms. The second-order valence-corrected chi connectivity index (χ2v) is 10.9. The number of anilines is 1. The maximum atomic E-state index is 14.3. The Balaban J connectivity index is 0.00000220. The largest absolute Gasteiger partial charge is 0.311 e. The SMILES string of the molecule is C[C@@H]1CN(CC(=O)N2CC(C)(C)c3cnc(Cc4ccc(F)cc4F)cc32)[C@@H](Cn2ccncc2=O)CN1.Cl.Cl. The van der Waals surface area contributed by atoms with Crippen LogP contribution in [0.3, 0.4) is 0 Å². The molecule has 3 aromatic rings. The van der Waals surface area contributed by atoms with Crippen LogP contribution in [0.4, 0.5) is 14.5 Å². The molecule has 1 fully saturated rings. The van der Waals surface area contributed by atoms with Gasteiger partial charge in [-0.25, -0.2) is 8.78 Å². The van der Waals surface area contributed by atoms with Crippen molar-refractivity contribution in [1.82, 2.24) is 24.8 Å². The van der Waals surface area contributed by atoms with Gasteiger partial charge in [-0.15, -0.1) is 24.8 Å². The first-order chi connectivity index (χ1) is 18.1. The summed E-state index contributed by atoms with van der Waals surface area (Å²) < 4.78 is 29.2. The van der Waals surface area contributed by atoms with E-state index >= 15 is 0 Å². The number of piperazine rings is 1. The van der Waals surface area contributed by atoms with E-state index in [-0.39, 0.29) is 66.7 Å². The predicted molar refractivity (Wildman–Crippen MR) is 155 cm³/mol. The summed E-state index contributed by atoms with van der Waals surface area (Å²) >= 11 is 0. The van der Waals surface area contributed by atoms with E-state index in [9.17, 15) is 18.4 Å². The molecule has 1 amide bonds. The average Bonchev–Trinajstić information content (AvgIpc) is 3.14. The number of hydrogen-bond acceptors (Lipinski definition) is 6. The number of nitrogens with one attached hydrogen (secondary N) is 1. The van der Waals surface area contributed by atoms with Crippen molar-refractivity contribution in [2.45, 2.75) is 51.2 Å². The van der Waals surface area contributed by atoms with Crippen molar-refractivity contribution in [1.29, 1.82) is 0 Å². The van der Waals surface area contributed by atoms with E-state index in [1.165, 1.54) is 18.3 Å². The molecular weight excluding hydrogens is 561 g/mol. The van der Waals surface area contributed by atoms with E-state index in [4.69, 9.17) is 0 Å². The maximum Gasteiger partial charge on any atom is 0.269 e. The van der Waals surface area contributed by atoms with Crippen LogP contribution in [-0.4, -0.2) is 63.6 Å². The Labute approximate surface area is 244 Å². The van der Waals surface area contributed by atoms with Crippen molar-refractivity contribution in [2.75, 3.05) is 31.1 Å². The first kappa shape index (κ1) is 31.6. The number of fused-ring (bicyclic) bond motifs is 1. The Morgan fingerprint density at radius 2 is 1.95 bits per heavy atom. The molecule has 0 unspecified atom stereocenters. The fourth-order valence-corrected chi connectivity index (χ4v) is 5.39. The summed E-state index contributed by atoms with van der Waals surface area (Å²) in [4.78, 5) is 38.4. The van der Waals surface area contributed by atoms with Crippen LogP contribution in [0.2, 0.25) is 0 Å². The second-order valence-electron chi connectivity index (χ2n) is 10.9. The highest BCUT2D eigenvalue weighted by Crippen LogP contribution is 2.40. The summed E-state index contributed by atoms with van der Waals surface area (Å²) in [7, 11) is 0. The normalized spacial score (nSPS) is 19.9. The topological polar surface area (TPSA) is 83.4 Å². The van der Waals surface area contributed by atoms with Crippen LogP contribution in [-0.2, 0) is 23.2 Å². The van der Waals surface area contributed by atoms with Gasteiger partial charge < -0.3 is 14.8 Å². The predicted octanol–water partition coefficient (Wildman–Crippen LogP) is 3.34. The van der Waals surface area contributed by atoms with Crippen molar-refractivity contribution in [3.05, 3.63) is 87.9 Å². The maximum absolute atomic E-state index is 14.3. The van der Waals surface area contributed by atoms with Crippen LogP contribution in [0.1, 0.15) is 37.6 Å². The van der Waals surface area contributed by atoms with Crippen molar-refractivity contribution in [3.63, 3.8) is 0 Å². The highest BCUT2D eigenvalue weighted by atomic mass is 35.5. The van der Waals surface area contributed by atoms with Crippen molar-refractivity contribution in [2.24, 2.45) is 0 Å². The van der Waals surface area contributed by atoms with Gasteiger partial charge in [0.1, 0.15) is 11.6 Å². The van der Waals surface area contributed by atoms with Crippen LogP contribution in [0.25, 0.3) is 0 Å². The van der Waals surface area contributed by atoms with Gasteiger partial charge in [0.05, 0.1) is 18.4 Å². The van der Waals surface area contributed by atoms with Gasteiger partial charge in [0.25, 0.3) is 5.56 Å². The Hall–Kier alpha value is -2.92. The van der Waals surface area contributed by atoms with Gasteiger partial charge in [-0.2, -0.15) is 0 Å². The lowest BCUT2D eigenvalue weighted by Gasteiger charge is -2.39. The van der Waals surface area contributed by atoms with Gasteiger partial charge >= 0.3 is 0 Å². The van der Waals surface area contributed by atoms with E-state index in [1.54, 1.807) is 28.1 Å². The average molecular weight is 596 g/mol. The first-order valence-corrected chi connectivity index (χ1v) is 12.8. The molecule has 1 aromatic carbocycles. The summed E-state index contributed by atoms with van der Waals surface area (Å²) in [6.45, 7) is 8.72. The number of rotatable bonds is 6. The summed E-state index contributed by atoms with van der Waals surface area (Å²) in [6, 6.07) is 5.53. The van der Waals surface area contributed by atoms with E-state index in [2.05, 4.69) is 41.0 Å². The molecule has 1 saturated heterocycles. The molecule has 0 radical (unpaired) electrons. The van der Waals surface area contributed by atoms with Crippen LogP contribution in [0.5, 0.6) is 0 Å². The van der Waals surface area contributed by atoms with Gasteiger partial charge in [0.2, 0.25) is 5.91 Å². The molecule has 2 aromatic heterocycles. The smallest absolute Gasteiger partial charge is 0.269 e. The molecule has 8 nitrogen and oxygen atoms in total. The molecule has 5 rings (SSSR count). The molecule has 40 heavy (non-hydrogen) atoms. The minimum atomic E-state index is -0.624. The van der Waals surface area contributed by atoms with E-state index in [0.29, 0.717) is 37.4 Å². The molecular formula is C28H34Cl2F2N6O2. The lowest BCUT2D eigenvalue weighted by molar-refractivity contribution is -0.120. The lowest BCUT2D eigenvalue weighted by atomic mass is 9.88. The number of carbonyl (C=O) groups excluding carboxylic acids is 1. The molecule has 216 valence electrons. The second kappa shape index (κ2) is 12.7. The fourth-order valence-electron chi connectivity index (χ4n) is 5.39. The molecule has 12 heteroatoms. The molecule has 0 spiro atoms. The summed E-state index contributed by atoms with van der Waals surface area (Å²) in [5.41, 5.74) is 2.22. The van der Waals surface area contributed by atoms with E-state index in [1.807, 2.05) is 6.07 Å². The minimum Gasteiger partial charge on any atom is -0.311 e. The van der Waals surface area contributed by atoms with Crippen LogP contribution in [0, 0.1) is 11.6 Å². The number of hydrogen-bond donors (Lipinski definition) is 1. The summed E-state index contributed by atoms with van der Waals surface area (Å²) in [5, 5.41) is 3.45. The highest BCUT2D eigenvalue weighted by Gasteiger charge is 2.40. The van der Waals surface area contributed by atoms with Crippen LogP contribution < -0.4 is 15.8 Å². The zero-order chi connectivity index (χ0) is 27.0. The Bertz CT molecular complexity index is 1420. The summed E-state index contributed by atoms with van der Waals surface area (Å²) in [6.07, 6.45) is 6.51. The molecule has 2 aliphatic heterocycles. The van der Waals surface area contributed by atoms with Crippen LogP contribution in [0.15, 0.2) is 53.8 Å². The van der Waals surface area contributed by atoms with Gasteiger partial charge in [0.15, 0.2) is 0 Å². The van der Waals surface area contributed by atoms with E-state index in [0.717, 1.165) is 17.3 Å². The molecule has 1 N–H and O–H groups in total. The third kappa shape index (κ3) is 6.68. The Morgan fingerprint density at radius 1 is 1.18 bits per heavy atom. The number of halogens is 4. The Morgan fingerprint density at radius 3 is 2.67 bits per heavy atom. The fraction of sp³-hybridized carbons (Fsp3) is 0.429. The van der Waals surface area contributed by atoms with Gasteiger partial charge in [-0.1, -0.05) is 19.9 Å². The molecule has 2 atom stereocenters. The van der Waals surface area contributed by atoms with Gasteiger partial charge in [-0.05, 0) is 24.6 Å². The monoisotopic (exact) mass is 594 g/mol. The number of aromatic nitrogens is 3. The quantitative estimate of drug-likeness (QED) is 0.471. The van der Waals surface area contributed by atoms with Gasteiger partial charge in [0, 0.05) is 86.0 Å². The molecule has 4 heterocycles. The lowest BCUT2D eigenvalue weighted by Crippen LogP contribution is -2.59. The first-order valence-electron chi connectivity index (χ1n) is 12.8. The van der Waals surface area contributed by atoms with E-state index < -0.39 is 11.6 Å². The number of carbonyl (C=O) groups is 1. The zero-order valence-electron chi connectivity index (χ0n) is 22.6. The number of amides is 1. The van der Waals surface area contributed by atoms with Crippen LogP contribution >= 0.6 is 24.8 Å². The third-order valence-corrected chi connectivity index (χ3v) is 7.47. The minimum absolute atomic E-state index is 0. The highest BCUT2D eigenvalue weighted by molar-refractivity contribution is 5.97. The standard InChI is InChI=1S/C28H32F2N6O2.2ClH/c1-18-14-35(22(11-32-18)15-34-7-6-31-13-26(34)37)16-27(38)36-17-28(2,3)23-12-33-21(10-25(23)36)8-19-4-5-20(29)9-24(19)30;;/h4-7,9-10,12-13,18,22,32H,8,11,14-17H2,1-3H3;2*1H/t18-,22-;;/m1../s1. The van der Waals surface area contributed by atoms with Gasteiger partial charge in [-0.3, -0.25) is 24.5 Å². The number of nitrogens with zero attached hydrogens (tertiary/aromatic N) is 5. The molecule has 0 aliphatic carbocycles. The molecule has 0 saturated carbocycles. The van der Waals surface area contributed by atoms with Crippen molar-refractivity contribution < 1.29 is 13.6 Å². The number of benzene rings is 1. The van der Waals surface area contributed by atoms with Crippen molar-refractivity contribution >= 4 is 36.4 Å². The number of pyridine rings is 1.